The van der Waals surface area contributed by atoms with Crippen molar-refractivity contribution < 1.29 is 9.74 Å². The van der Waals surface area contributed by atoms with Crippen LogP contribution < -0.4 is 4.84 Å². The van der Waals surface area contributed by atoms with Gasteiger partial charge < -0.3 is 4.84 Å². The molecule has 1 aromatic rings. The molecule has 1 aromatic carbocycles. The number of rotatable bonds is 0. The SMILES string of the molecule is CC1(C)C=[N+]([O-])Oc2ccc(Br)cc21.[NaH]. The van der Waals surface area contributed by atoms with Crippen LogP contribution in [0.15, 0.2) is 22.7 Å². The topological polar surface area (TPSA) is 35.3 Å². The van der Waals surface area contributed by atoms with Crippen LogP contribution in [0.2, 0.25) is 0 Å². The predicted molar refractivity (Wildman–Crippen MR) is 64.6 cm³/mol. The maximum atomic E-state index is 11.2. The first-order valence-electron chi connectivity index (χ1n) is 4.29. The van der Waals surface area contributed by atoms with Crippen molar-refractivity contribution in [3.8, 4) is 5.75 Å². The molecule has 1 aliphatic heterocycles. The van der Waals surface area contributed by atoms with Crippen molar-refractivity contribution in [2.75, 3.05) is 0 Å². The molecule has 76 valence electrons. The van der Waals surface area contributed by atoms with Crippen LogP contribution in [0.1, 0.15) is 19.4 Å². The summed E-state index contributed by atoms with van der Waals surface area (Å²) in [7, 11) is 0. The van der Waals surface area contributed by atoms with E-state index in [9.17, 15) is 5.21 Å². The van der Waals surface area contributed by atoms with E-state index < -0.39 is 0 Å². The summed E-state index contributed by atoms with van der Waals surface area (Å²) in [5.74, 6) is 0.621. The van der Waals surface area contributed by atoms with Gasteiger partial charge in [0.05, 0.1) is 11.2 Å². The van der Waals surface area contributed by atoms with Gasteiger partial charge in [0.15, 0.2) is 0 Å². The van der Waals surface area contributed by atoms with E-state index >= 15 is 0 Å². The third-order valence-corrected chi connectivity index (χ3v) is 2.75. The van der Waals surface area contributed by atoms with Gasteiger partial charge in [-0.1, -0.05) is 15.9 Å². The van der Waals surface area contributed by atoms with E-state index in [2.05, 4.69) is 15.9 Å². The molecule has 0 unspecified atom stereocenters. The summed E-state index contributed by atoms with van der Waals surface area (Å²) in [5.41, 5.74) is 0.720. The fourth-order valence-electron chi connectivity index (χ4n) is 1.54. The van der Waals surface area contributed by atoms with Crippen molar-refractivity contribution in [1.82, 2.24) is 0 Å². The van der Waals surface area contributed by atoms with Crippen LogP contribution in [0.25, 0.3) is 0 Å². The zero-order valence-electron chi connectivity index (χ0n) is 7.95. The van der Waals surface area contributed by atoms with Crippen LogP contribution in [-0.4, -0.2) is 40.7 Å². The van der Waals surface area contributed by atoms with Crippen LogP contribution >= 0.6 is 15.9 Å². The van der Waals surface area contributed by atoms with Crippen LogP contribution in [0, 0.1) is 5.21 Å². The van der Waals surface area contributed by atoms with E-state index in [0.717, 1.165) is 10.0 Å². The van der Waals surface area contributed by atoms with Gasteiger partial charge in [-0.2, -0.15) is 0 Å². The van der Waals surface area contributed by atoms with E-state index in [1.54, 1.807) is 6.07 Å². The normalized spacial score (nSPS) is 16.9. The average Bonchev–Trinajstić information content (AvgIpc) is 2.05. The van der Waals surface area contributed by atoms with E-state index in [1.807, 2.05) is 26.0 Å². The molecular formula is C10H11BrNNaO2. The van der Waals surface area contributed by atoms with Gasteiger partial charge >= 0.3 is 29.6 Å². The molecule has 0 fully saturated rings. The molecule has 0 spiro atoms. The van der Waals surface area contributed by atoms with E-state index in [4.69, 9.17) is 4.84 Å². The van der Waals surface area contributed by atoms with E-state index in [1.165, 1.54) is 6.21 Å². The van der Waals surface area contributed by atoms with E-state index in [0.29, 0.717) is 10.7 Å². The van der Waals surface area contributed by atoms with Crippen LogP contribution in [0.4, 0.5) is 0 Å². The van der Waals surface area contributed by atoms with Crippen LogP contribution in [0.5, 0.6) is 5.75 Å². The molecule has 2 rings (SSSR count). The van der Waals surface area contributed by atoms with Crippen molar-refractivity contribution >= 4 is 51.7 Å². The summed E-state index contributed by atoms with van der Waals surface area (Å²) in [6.45, 7) is 3.96. The molecule has 5 heteroatoms. The Morgan fingerprint density at radius 3 is 2.73 bits per heavy atom. The van der Waals surface area contributed by atoms with Crippen molar-refractivity contribution in [3.63, 3.8) is 0 Å². The Morgan fingerprint density at radius 2 is 2.07 bits per heavy atom. The molecule has 0 amide bonds. The molecule has 3 nitrogen and oxygen atoms in total. The summed E-state index contributed by atoms with van der Waals surface area (Å²) in [6.07, 6.45) is 1.52. The molecule has 0 N–H and O–H groups in total. The molecule has 1 aliphatic rings. The monoisotopic (exact) mass is 279 g/mol. The first-order valence-corrected chi connectivity index (χ1v) is 5.09. The molecule has 0 aromatic heterocycles. The van der Waals surface area contributed by atoms with Crippen molar-refractivity contribution in [2.45, 2.75) is 19.3 Å². The van der Waals surface area contributed by atoms with Gasteiger partial charge in [-0.15, -0.1) is 0 Å². The fraction of sp³-hybridized carbons (Fsp3) is 0.300. The number of benzene rings is 1. The van der Waals surface area contributed by atoms with Crippen LogP contribution in [0.3, 0.4) is 0 Å². The molecule has 0 atom stereocenters. The molecule has 0 saturated carbocycles. The van der Waals surface area contributed by atoms with E-state index in [-0.39, 0.29) is 35.0 Å². The molecule has 0 bridgehead atoms. The molecule has 15 heavy (non-hydrogen) atoms. The summed E-state index contributed by atoms with van der Waals surface area (Å²) >= 11 is 3.40. The Labute approximate surface area is 119 Å². The van der Waals surface area contributed by atoms with Gasteiger partial charge in [-0.05, 0) is 37.6 Å². The molecule has 0 aliphatic carbocycles. The summed E-state index contributed by atoms with van der Waals surface area (Å²) in [4.78, 5) is 5.53. The van der Waals surface area contributed by atoms with Crippen LogP contribution in [-0.2, 0) is 5.41 Å². The second kappa shape index (κ2) is 4.45. The third kappa shape index (κ3) is 2.56. The fourth-order valence-corrected chi connectivity index (χ4v) is 1.90. The summed E-state index contributed by atoms with van der Waals surface area (Å²) in [6, 6.07) is 5.62. The van der Waals surface area contributed by atoms with Gasteiger partial charge in [-0.3, -0.25) is 5.21 Å². The van der Waals surface area contributed by atoms with Gasteiger partial charge in [-0.25, -0.2) is 0 Å². The summed E-state index contributed by atoms with van der Waals surface area (Å²) < 4.78 is 0.987. The zero-order chi connectivity index (χ0) is 10.3. The molecule has 0 radical (unpaired) electrons. The second-order valence-corrected chi connectivity index (χ2v) is 4.78. The first-order chi connectivity index (χ1) is 6.49. The maximum absolute atomic E-state index is 11.2. The number of hydrogen-bond acceptors (Lipinski definition) is 2. The van der Waals surface area contributed by atoms with Gasteiger partial charge in [0, 0.05) is 9.37 Å². The first kappa shape index (κ1) is 13.0. The Kier molecular flexibility index (Phi) is 3.87. The van der Waals surface area contributed by atoms with Crippen molar-refractivity contribution in [1.29, 1.82) is 0 Å². The summed E-state index contributed by atoms with van der Waals surface area (Å²) in [5, 5.41) is 11.2. The Hall–Kier alpha value is -0.0300. The number of halogens is 1. The van der Waals surface area contributed by atoms with Crippen molar-refractivity contribution in [3.05, 3.63) is 33.4 Å². The zero-order valence-corrected chi connectivity index (χ0v) is 9.54. The van der Waals surface area contributed by atoms with Gasteiger partial charge in [0.1, 0.15) is 0 Å². The quantitative estimate of drug-likeness (QED) is 0.538. The van der Waals surface area contributed by atoms with Crippen molar-refractivity contribution in [2.24, 2.45) is 0 Å². The minimum atomic E-state index is -0.293. The van der Waals surface area contributed by atoms with Gasteiger partial charge in [0.25, 0.3) is 0 Å². The Morgan fingerprint density at radius 1 is 1.40 bits per heavy atom. The third-order valence-electron chi connectivity index (χ3n) is 2.25. The Bertz CT molecular complexity index is 418. The molecular weight excluding hydrogens is 269 g/mol. The molecule has 1 heterocycles. The number of nitrogens with zero attached hydrogens (tertiary/aromatic N) is 1. The van der Waals surface area contributed by atoms with Gasteiger partial charge in [0.2, 0.25) is 6.21 Å². The minimum absolute atomic E-state index is 0. The number of fused-ring (bicyclic) bond motifs is 1. The standard InChI is InChI=1S/C10H10BrNO2.Na.H/c1-10(2)6-12(13)14-9-4-3-7(11)5-8(9)10;;/h3-6H,1-2H3;;. The second-order valence-electron chi connectivity index (χ2n) is 3.87. The number of hydrogen-bond donors (Lipinski definition) is 0. The Balaban J connectivity index is 0.00000112. The predicted octanol–water partition coefficient (Wildman–Crippen LogP) is 1.97. The molecule has 0 saturated heterocycles. The average molecular weight is 280 g/mol.